The maximum Gasteiger partial charge on any atom is 0.279 e. The normalized spacial score (nSPS) is 14.1. The highest BCUT2D eigenvalue weighted by molar-refractivity contribution is 6.05. The number of rotatable bonds is 3. The fourth-order valence-electron chi connectivity index (χ4n) is 3.84. The van der Waals surface area contributed by atoms with Gasteiger partial charge in [0, 0.05) is 50.2 Å². The van der Waals surface area contributed by atoms with Crippen LogP contribution in [-0.4, -0.2) is 56.7 Å². The number of piperazine rings is 1. The van der Waals surface area contributed by atoms with Crippen LogP contribution in [0.1, 0.15) is 10.5 Å². The summed E-state index contributed by atoms with van der Waals surface area (Å²) in [6.45, 7) is 2.48. The summed E-state index contributed by atoms with van der Waals surface area (Å²) in [5, 5.41) is 5.51. The largest absolute Gasteiger partial charge is 0.353 e. The summed E-state index contributed by atoms with van der Waals surface area (Å²) in [5.41, 5.74) is 0.580. The quantitative estimate of drug-likeness (QED) is 0.513. The Morgan fingerprint density at radius 3 is 2.23 bits per heavy atom. The SMILES string of the molecule is O=C(c1nn(-c2ccncc2)c(=O)c2ccccc12)N1CCN(c2ccccn2)CC1. The van der Waals surface area contributed by atoms with Crippen LogP contribution >= 0.6 is 0 Å². The number of carbonyl (C=O) groups is 1. The molecule has 1 saturated heterocycles. The van der Waals surface area contributed by atoms with E-state index in [1.165, 1.54) is 4.68 Å². The van der Waals surface area contributed by atoms with Gasteiger partial charge in [-0.3, -0.25) is 14.6 Å². The number of pyridine rings is 2. The van der Waals surface area contributed by atoms with Crippen molar-refractivity contribution in [1.29, 1.82) is 0 Å². The molecule has 31 heavy (non-hydrogen) atoms. The second-order valence-electron chi connectivity index (χ2n) is 7.28. The summed E-state index contributed by atoms with van der Waals surface area (Å²) in [4.78, 5) is 38.8. The van der Waals surface area contributed by atoms with Crippen LogP contribution in [0.3, 0.4) is 0 Å². The molecule has 0 unspecified atom stereocenters. The topological polar surface area (TPSA) is 84.2 Å². The molecule has 0 saturated carbocycles. The van der Waals surface area contributed by atoms with Crippen molar-refractivity contribution in [3.05, 3.63) is 89.2 Å². The average molecular weight is 412 g/mol. The molecule has 154 valence electrons. The number of hydrogen-bond acceptors (Lipinski definition) is 6. The van der Waals surface area contributed by atoms with Gasteiger partial charge in [0.05, 0.1) is 11.1 Å². The van der Waals surface area contributed by atoms with Gasteiger partial charge in [-0.05, 0) is 30.3 Å². The van der Waals surface area contributed by atoms with Gasteiger partial charge >= 0.3 is 0 Å². The lowest BCUT2D eigenvalue weighted by atomic mass is 10.1. The zero-order valence-corrected chi connectivity index (χ0v) is 16.8. The Bertz CT molecular complexity index is 1280. The highest BCUT2D eigenvalue weighted by Crippen LogP contribution is 2.19. The predicted octanol–water partition coefficient (Wildman–Crippen LogP) is 2.14. The van der Waals surface area contributed by atoms with E-state index in [0.717, 1.165) is 5.82 Å². The Labute approximate surface area is 178 Å². The van der Waals surface area contributed by atoms with Crippen molar-refractivity contribution in [1.82, 2.24) is 24.6 Å². The molecule has 0 aliphatic carbocycles. The number of amides is 1. The second kappa shape index (κ2) is 7.98. The first-order valence-corrected chi connectivity index (χ1v) is 10.1. The fourth-order valence-corrected chi connectivity index (χ4v) is 3.84. The number of hydrogen-bond donors (Lipinski definition) is 0. The molecule has 8 heteroatoms. The second-order valence-corrected chi connectivity index (χ2v) is 7.28. The van der Waals surface area contributed by atoms with E-state index in [2.05, 4.69) is 20.0 Å². The average Bonchev–Trinajstić information content (AvgIpc) is 2.85. The molecule has 0 atom stereocenters. The van der Waals surface area contributed by atoms with Crippen molar-refractivity contribution in [3.63, 3.8) is 0 Å². The van der Waals surface area contributed by atoms with Crippen molar-refractivity contribution in [3.8, 4) is 5.69 Å². The van der Waals surface area contributed by atoms with Crippen LogP contribution in [0, 0.1) is 0 Å². The Kier molecular flexibility index (Phi) is 4.87. The van der Waals surface area contributed by atoms with Crippen LogP contribution in [-0.2, 0) is 0 Å². The zero-order chi connectivity index (χ0) is 21.2. The maximum atomic E-state index is 13.5. The molecule has 1 amide bonds. The van der Waals surface area contributed by atoms with Gasteiger partial charge in [-0.15, -0.1) is 0 Å². The Balaban J connectivity index is 1.49. The summed E-state index contributed by atoms with van der Waals surface area (Å²) < 4.78 is 1.28. The van der Waals surface area contributed by atoms with Crippen LogP contribution < -0.4 is 10.5 Å². The van der Waals surface area contributed by atoms with Crippen molar-refractivity contribution in [2.45, 2.75) is 0 Å². The molecule has 8 nitrogen and oxygen atoms in total. The van der Waals surface area contributed by atoms with Gasteiger partial charge in [-0.2, -0.15) is 9.78 Å². The molecule has 0 N–H and O–H groups in total. The van der Waals surface area contributed by atoms with Crippen molar-refractivity contribution >= 4 is 22.5 Å². The lowest BCUT2D eigenvalue weighted by Crippen LogP contribution is -2.49. The number of nitrogens with zero attached hydrogens (tertiary/aromatic N) is 6. The summed E-state index contributed by atoms with van der Waals surface area (Å²) in [6, 6.07) is 16.3. The smallest absolute Gasteiger partial charge is 0.279 e. The fraction of sp³-hybridized carbons (Fsp3) is 0.174. The first-order chi connectivity index (χ1) is 15.2. The summed E-state index contributed by atoms with van der Waals surface area (Å²) >= 11 is 0. The molecule has 4 heterocycles. The van der Waals surface area contributed by atoms with Crippen LogP contribution in [0.2, 0.25) is 0 Å². The molecule has 1 aliphatic heterocycles. The van der Waals surface area contributed by atoms with Gasteiger partial charge in [0.1, 0.15) is 5.82 Å². The molecule has 0 bridgehead atoms. The van der Waals surface area contributed by atoms with E-state index >= 15 is 0 Å². The number of carbonyl (C=O) groups excluding carboxylic acids is 1. The Morgan fingerprint density at radius 1 is 0.806 bits per heavy atom. The molecule has 1 aromatic carbocycles. The molecular formula is C23H20N6O2. The molecule has 3 aromatic heterocycles. The first-order valence-electron chi connectivity index (χ1n) is 10.1. The molecule has 0 radical (unpaired) electrons. The summed E-state index contributed by atoms with van der Waals surface area (Å²) in [7, 11) is 0. The number of anilines is 1. The number of benzene rings is 1. The maximum absolute atomic E-state index is 13.5. The standard InChI is InChI=1S/C23H20N6O2/c30-22-19-6-2-1-5-18(19)21(26-29(22)17-8-11-24-12-9-17)23(31)28-15-13-27(14-16-28)20-7-3-4-10-25-20/h1-12H,13-16H2. The molecule has 4 aromatic rings. The van der Waals surface area contributed by atoms with Crippen LogP contribution in [0.4, 0.5) is 5.82 Å². The lowest BCUT2D eigenvalue weighted by molar-refractivity contribution is 0.0741. The molecule has 1 aliphatic rings. The Morgan fingerprint density at radius 2 is 1.52 bits per heavy atom. The van der Waals surface area contributed by atoms with Gasteiger partial charge in [-0.1, -0.05) is 24.3 Å². The molecule has 0 spiro atoms. The van der Waals surface area contributed by atoms with Crippen molar-refractivity contribution in [2.24, 2.45) is 0 Å². The van der Waals surface area contributed by atoms with Gasteiger partial charge in [0.2, 0.25) is 0 Å². The third-order valence-corrected chi connectivity index (χ3v) is 5.45. The van der Waals surface area contributed by atoms with Crippen LogP contribution in [0.15, 0.2) is 78.0 Å². The van der Waals surface area contributed by atoms with E-state index in [1.54, 1.807) is 53.8 Å². The van der Waals surface area contributed by atoms with E-state index < -0.39 is 0 Å². The molecular weight excluding hydrogens is 392 g/mol. The van der Waals surface area contributed by atoms with E-state index in [-0.39, 0.29) is 17.2 Å². The monoisotopic (exact) mass is 412 g/mol. The predicted molar refractivity (Wildman–Crippen MR) is 117 cm³/mol. The van der Waals surface area contributed by atoms with Crippen LogP contribution in [0.25, 0.3) is 16.5 Å². The van der Waals surface area contributed by atoms with Crippen molar-refractivity contribution < 1.29 is 4.79 Å². The Hall–Kier alpha value is -4.07. The summed E-state index contributed by atoms with van der Waals surface area (Å²) in [6.07, 6.45) is 4.96. The zero-order valence-electron chi connectivity index (χ0n) is 16.8. The number of fused-ring (bicyclic) bond motifs is 1. The van der Waals surface area contributed by atoms with E-state index in [9.17, 15) is 9.59 Å². The molecule has 5 rings (SSSR count). The van der Waals surface area contributed by atoms with Crippen LogP contribution in [0.5, 0.6) is 0 Å². The third kappa shape index (κ3) is 3.52. The van der Waals surface area contributed by atoms with Gasteiger partial charge in [0.25, 0.3) is 11.5 Å². The van der Waals surface area contributed by atoms with Crippen molar-refractivity contribution in [2.75, 3.05) is 31.1 Å². The molecule has 1 fully saturated rings. The van der Waals surface area contributed by atoms with E-state index in [1.807, 2.05) is 24.3 Å². The van der Waals surface area contributed by atoms with E-state index in [4.69, 9.17) is 0 Å². The van der Waals surface area contributed by atoms with E-state index in [0.29, 0.717) is 42.6 Å². The first kappa shape index (κ1) is 18.9. The highest BCUT2D eigenvalue weighted by atomic mass is 16.2. The minimum Gasteiger partial charge on any atom is -0.353 e. The minimum atomic E-state index is -0.265. The van der Waals surface area contributed by atoms with Gasteiger partial charge in [0.15, 0.2) is 5.69 Å². The highest BCUT2D eigenvalue weighted by Gasteiger charge is 2.26. The third-order valence-electron chi connectivity index (χ3n) is 5.45. The van der Waals surface area contributed by atoms with Gasteiger partial charge < -0.3 is 9.80 Å². The number of aromatic nitrogens is 4. The summed E-state index contributed by atoms with van der Waals surface area (Å²) in [5.74, 6) is 0.726. The minimum absolute atomic E-state index is 0.181. The van der Waals surface area contributed by atoms with Gasteiger partial charge in [-0.25, -0.2) is 4.98 Å². The lowest BCUT2D eigenvalue weighted by Gasteiger charge is -2.35.